The number of aryl methyl sites for hydroxylation is 1. The first-order chi connectivity index (χ1) is 14.7. The Morgan fingerprint density at radius 1 is 1.03 bits per heavy atom. The van der Waals surface area contributed by atoms with Crippen LogP contribution in [0, 0.1) is 18.3 Å². The van der Waals surface area contributed by atoms with Gasteiger partial charge in [-0.05, 0) is 31.9 Å². The SMILES string of the molecule is CC.CCCCN(CC)c1c(C#N)c(NCc2ccc(C)cc2)nc2ccccc12. The lowest BCUT2D eigenvalue weighted by molar-refractivity contribution is 0.733. The van der Waals surface area contributed by atoms with Gasteiger partial charge < -0.3 is 10.2 Å². The summed E-state index contributed by atoms with van der Waals surface area (Å²) >= 11 is 0. The molecular formula is C26H34N4. The second-order valence-corrected chi connectivity index (χ2v) is 7.09. The number of rotatable bonds is 8. The lowest BCUT2D eigenvalue weighted by atomic mass is 10.1. The summed E-state index contributed by atoms with van der Waals surface area (Å²) in [4.78, 5) is 7.08. The number of nitriles is 1. The molecule has 1 N–H and O–H groups in total. The standard InChI is InChI=1S/C24H28N4.C2H6/c1-4-6-15-28(5-2)23-20-9-7-8-10-22(20)27-24(21(23)16-25)26-17-19-13-11-18(3)12-14-19;1-2/h7-14H,4-6,15,17H2,1-3H3,(H,26,27);1-2H3. The number of pyridine rings is 1. The van der Waals surface area contributed by atoms with Crippen LogP contribution >= 0.6 is 0 Å². The van der Waals surface area contributed by atoms with Crippen molar-refractivity contribution in [3.63, 3.8) is 0 Å². The number of para-hydroxylation sites is 1. The fourth-order valence-electron chi connectivity index (χ4n) is 3.43. The Kier molecular flexibility index (Phi) is 9.15. The third-order valence-corrected chi connectivity index (χ3v) is 5.04. The number of nitrogens with zero attached hydrogens (tertiary/aromatic N) is 3. The predicted molar refractivity (Wildman–Crippen MR) is 129 cm³/mol. The van der Waals surface area contributed by atoms with Crippen molar-refractivity contribution in [3.8, 4) is 6.07 Å². The average Bonchev–Trinajstić information content (AvgIpc) is 2.80. The first-order valence-electron chi connectivity index (χ1n) is 11.0. The van der Waals surface area contributed by atoms with Gasteiger partial charge in [-0.1, -0.05) is 75.2 Å². The molecule has 0 unspecified atom stereocenters. The Morgan fingerprint density at radius 2 is 1.73 bits per heavy atom. The van der Waals surface area contributed by atoms with Gasteiger partial charge in [-0.15, -0.1) is 0 Å². The van der Waals surface area contributed by atoms with Gasteiger partial charge in [-0.2, -0.15) is 5.26 Å². The molecule has 4 nitrogen and oxygen atoms in total. The van der Waals surface area contributed by atoms with Gasteiger partial charge in [-0.3, -0.25) is 0 Å². The molecule has 4 heteroatoms. The minimum Gasteiger partial charge on any atom is -0.370 e. The van der Waals surface area contributed by atoms with Crippen LogP contribution in [0.2, 0.25) is 0 Å². The smallest absolute Gasteiger partial charge is 0.147 e. The van der Waals surface area contributed by atoms with Crippen molar-refractivity contribution < 1.29 is 0 Å². The first-order valence-corrected chi connectivity index (χ1v) is 11.0. The molecule has 2 aromatic carbocycles. The van der Waals surface area contributed by atoms with Gasteiger partial charge in [0, 0.05) is 25.0 Å². The van der Waals surface area contributed by atoms with Crippen molar-refractivity contribution in [2.24, 2.45) is 0 Å². The van der Waals surface area contributed by atoms with Crippen LogP contribution in [0.15, 0.2) is 48.5 Å². The molecule has 0 atom stereocenters. The second kappa shape index (κ2) is 11.8. The fraction of sp³-hybridized carbons (Fsp3) is 0.385. The van der Waals surface area contributed by atoms with Gasteiger partial charge in [0.05, 0.1) is 11.2 Å². The Balaban J connectivity index is 0.00000155. The maximum absolute atomic E-state index is 10.0. The van der Waals surface area contributed by atoms with E-state index in [4.69, 9.17) is 4.98 Å². The summed E-state index contributed by atoms with van der Waals surface area (Å²) in [6, 6.07) is 18.9. The molecule has 0 aliphatic carbocycles. The maximum Gasteiger partial charge on any atom is 0.147 e. The lowest BCUT2D eigenvalue weighted by Crippen LogP contribution is -2.25. The zero-order chi connectivity index (χ0) is 21.9. The van der Waals surface area contributed by atoms with Crippen molar-refractivity contribution >= 4 is 22.4 Å². The topological polar surface area (TPSA) is 52.0 Å². The molecule has 0 saturated heterocycles. The van der Waals surface area contributed by atoms with E-state index >= 15 is 0 Å². The van der Waals surface area contributed by atoms with Gasteiger partial charge >= 0.3 is 0 Å². The van der Waals surface area contributed by atoms with Gasteiger partial charge in [0.25, 0.3) is 0 Å². The number of unbranched alkanes of at least 4 members (excludes halogenated alkanes) is 1. The molecule has 3 aromatic rings. The quantitative estimate of drug-likeness (QED) is 0.456. The Morgan fingerprint density at radius 3 is 2.37 bits per heavy atom. The van der Waals surface area contributed by atoms with Crippen LogP contribution in [0.4, 0.5) is 11.5 Å². The summed E-state index contributed by atoms with van der Waals surface area (Å²) in [5.74, 6) is 0.659. The zero-order valence-electron chi connectivity index (χ0n) is 19.0. The fourth-order valence-corrected chi connectivity index (χ4v) is 3.43. The predicted octanol–water partition coefficient (Wildman–Crippen LogP) is 6.68. The Hall–Kier alpha value is -3.06. The highest BCUT2D eigenvalue weighted by molar-refractivity contribution is 5.97. The van der Waals surface area contributed by atoms with E-state index in [0.29, 0.717) is 17.9 Å². The molecule has 0 aliphatic heterocycles. The van der Waals surface area contributed by atoms with Crippen LogP contribution in [-0.2, 0) is 6.54 Å². The van der Waals surface area contributed by atoms with E-state index in [1.54, 1.807) is 0 Å². The molecule has 1 aromatic heterocycles. The second-order valence-electron chi connectivity index (χ2n) is 7.09. The molecule has 3 rings (SSSR count). The molecule has 158 valence electrons. The third-order valence-electron chi connectivity index (χ3n) is 5.04. The largest absolute Gasteiger partial charge is 0.370 e. The molecule has 0 fully saturated rings. The molecule has 0 bridgehead atoms. The molecule has 30 heavy (non-hydrogen) atoms. The number of hydrogen-bond acceptors (Lipinski definition) is 4. The van der Waals surface area contributed by atoms with E-state index in [0.717, 1.165) is 42.5 Å². The van der Waals surface area contributed by atoms with E-state index in [1.807, 2.05) is 32.0 Å². The minimum atomic E-state index is 0.628. The van der Waals surface area contributed by atoms with Gasteiger partial charge in [0.15, 0.2) is 0 Å². The molecule has 1 heterocycles. The summed E-state index contributed by atoms with van der Waals surface area (Å²) < 4.78 is 0. The highest BCUT2D eigenvalue weighted by atomic mass is 15.1. The van der Waals surface area contributed by atoms with Crippen molar-refractivity contribution in [1.29, 1.82) is 5.26 Å². The average molecular weight is 403 g/mol. The normalized spacial score (nSPS) is 10.1. The van der Waals surface area contributed by atoms with Crippen LogP contribution in [-0.4, -0.2) is 18.1 Å². The Bertz CT molecular complexity index is 971. The van der Waals surface area contributed by atoms with E-state index in [9.17, 15) is 5.26 Å². The highest BCUT2D eigenvalue weighted by Gasteiger charge is 2.19. The number of anilines is 2. The zero-order valence-corrected chi connectivity index (χ0v) is 19.0. The molecule has 0 amide bonds. The van der Waals surface area contributed by atoms with Crippen molar-refractivity contribution in [3.05, 3.63) is 65.2 Å². The third kappa shape index (κ3) is 5.51. The highest BCUT2D eigenvalue weighted by Crippen LogP contribution is 2.34. The van der Waals surface area contributed by atoms with E-state index in [2.05, 4.69) is 67.4 Å². The lowest BCUT2D eigenvalue weighted by Gasteiger charge is -2.26. The first kappa shape index (κ1) is 23.2. The van der Waals surface area contributed by atoms with Gasteiger partial charge in [0.2, 0.25) is 0 Å². The number of benzene rings is 2. The van der Waals surface area contributed by atoms with Crippen LogP contribution in [0.1, 0.15) is 57.2 Å². The van der Waals surface area contributed by atoms with Crippen LogP contribution in [0.3, 0.4) is 0 Å². The molecular weight excluding hydrogens is 368 g/mol. The van der Waals surface area contributed by atoms with Crippen LogP contribution in [0.5, 0.6) is 0 Å². The minimum absolute atomic E-state index is 0.628. The van der Waals surface area contributed by atoms with Gasteiger partial charge in [0.1, 0.15) is 17.5 Å². The molecule has 0 radical (unpaired) electrons. The number of hydrogen-bond donors (Lipinski definition) is 1. The van der Waals surface area contributed by atoms with E-state index in [1.165, 1.54) is 11.1 Å². The molecule has 0 aliphatic rings. The van der Waals surface area contributed by atoms with Crippen molar-refractivity contribution in [2.45, 2.75) is 54.0 Å². The van der Waals surface area contributed by atoms with Crippen molar-refractivity contribution in [2.75, 3.05) is 23.3 Å². The number of fused-ring (bicyclic) bond motifs is 1. The maximum atomic E-state index is 10.0. The molecule has 0 saturated carbocycles. The van der Waals surface area contributed by atoms with Gasteiger partial charge in [-0.25, -0.2) is 4.98 Å². The summed E-state index contributed by atoms with van der Waals surface area (Å²) in [7, 11) is 0. The monoisotopic (exact) mass is 402 g/mol. The van der Waals surface area contributed by atoms with E-state index in [-0.39, 0.29) is 0 Å². The summed E-state index contributed by atoms with van der Waals surface area (Å²) in [5, 5.41) is 14.5. The number of nitrogens with one attached hydrogen (secondary N) is 1. The molecule has 0 spiro atoms. The van der Waals surface area contributed by atoms with Crippen molar-refractivity contribution in [1.82, 2.24) is 4.98 Å². The van der Waals surface area contributed by atoms with Crippen LogP contribution < -0.4 is 10.2 Å². The Labute approximate surface area is 181 Å². The van der Waals surface area contributed by atoms with E-state index < -0.39 is 0 Å². The summed E-state index contributed by atoms with van der Waals surface area (Å²) in [6.45, 7) is 12.9. The summed E-state index contributed by atoms with van der Waals surface area (Å²) in [6.07, 6.45) is 2.22. The van der Waals surface area contributed by atoms with Crippen LogP contribution in [0.25, 0.3) is 10.9 Å². The number of aromatic nitrogens is 1. The summed E-state index contributed by atoms with van der Waals surface area (Å²) in [5.41, 5.74) is 4.95.